The van der Waals surface area contributed by atoms with Crippen molar-refractivity contribution in [3.63, 3.8) is 0 Å². The lowest BCUT2D eigenvalue weighted by atomic mass is 10.1. The quantitative estimate of drug-likeness (QED) is 0.693. The second kappa shape index (κ2) is 7.54. The maximum absolute atomic E-state index is 5.53. The molecule has 2 aliphatic rings. The number of aromatic nitrogens is 2. The Kier molecular flexibility index (Phi) is 4.78. The molecule has 0 N–H and O–H groups in total. The van der Waals surface area contributed by atoms with Crippen LogP contribution in [0.1, 0.15) is 6.42 Å². The fourth-order valence-corrected chi connectivity index (χ4v) is 4.69. The van der Waals surface area contributed by atoms with Crippen molar-refractivity contribution in [3.05, 3.63) is 41.1 Å². The van der Waals surface area contributed by atoms with Gasteiger partial charge in [-0.1, -0.05) is 12.1 Å². The van der Waals surface area contributed by atoms with Crippen molar-refractivity contribution in [1.82, 2.24) is 14.9 Å². The molecule has 3 aromatic rings. The minimum atomic E-state index is 0.710. The summed E-state index contributed by atoms with van der Waals surface area (Å²) in [5, 5.41) is 5.35. The van der Waals surface area contributed by atoms with Crippen molar-refractivity contribution >= 4 is 28.1 Å². The molecule has 0 radical (unpaired) electrons. The van der Waals surface area contributed by atoms with Gasteiger partial charge in [0.05, 0.1) is 12.1 Å². The van der Waals surface area contributed by atoms with Crippen LogP contribution in [0.5, 0.6) is 0 Å². The van der Waals surface area contributed by atoms with E-state index in [9.17, 15) is 0 Å². The predicted octanol–water partition coefficient (Wildman–Crippen LogP) is 3.52. The van der Waals surface area contributed by atoms with Gasteiger partial charge in [0.1, 0.15) is 5.82 Å². The Morgan fingerprint density at radius 1 is 1.07 bits per heavy atom. The van der Waals surface area contributed by atoms with Crippen LogP contribution >= 0.6 is 11.3 Å². The molecule has 2 aromatic heterocycles. The van der Waals surface area contributed by atoms with Gasteiger partial charge in [-0.05, 0) is 35.9 Å². The molecule has 0 bridgehead atoms. The topological polar surface area (TPSA) is 41.5 Å². The summed E-state index contributed by atoms with van der Waals surface area (Å²) < 4.78 is 5.53. The third-order valence-electron chi connectivity index (χ3n) is 5.57. The molecule has 2 fully saturated rings. The SMILES string of the molecule is c1ccc2c(N3CCN(CC4CCOC4)CC3)nc(-c3ccsc3)nc2c1. The number of thiophene rings is 1. The standard InChI is InChI=1S/C21H24N4OS/c1-2-4-19-18(3-1)21(23-20(22-19)17-6-12-27-15-17)25-9-7-24(8-10-25)13-16-5-11-26-14-16/h1-4,6,12,15-16H,5,7-11,13-14H2. The summed E-state index contributed by atoms with van der Waals surface area (Å²) in [7, 11) is 0. The molecule has 5 rings (SSSR count). The number of anilines is 1. The van der Waals surface area contributed by atoms with Gasteiger partial charge in [0, 0.05) is 55.7 Å². The highest BCUT2D eigenvalue weighted by Gasteiger charge is 2.24. The third kappa shape index (κ3) is 3.57. The Bertz CT molecular complexity index is 900. The molecule has 0 aliphatic carbocycles. The van der Waals surface area contributed by atoms with Gasteiger partial charge in [0.25, 0.3) is 0 Å². The lowest BCUT2D eigenvalue weighted by molar-refractivity contribution is 0.164. The van der Waals surface area contributed by atoms with Crippen LogP contribution in [0.3, 0.4) is 0 Å². The average Bonchev–Trinajstić information content (AvgIpc) is 3.42. The largest absolute Gasteiger partial charge is 0.381 e. The number of rotatable bonds is 4. The molecule has 1 aromatic carbocycles. The number of ether oxygens (including phenoxy) is 1. The maximum Gasteiger partial charge on any atom is 0.162 e. The molecule has 27 heavy (non-hydrogen) atoms. The summed E-state index contributed by atoms with van der Waals surface area (Å²) in [6.07, 6.45) is 1.21. The van der Waals surface area contributed by atoms with E-state index < -0.39 is 0 Å². The summed E-state index contributed by atoms with van der Waals surface area (Å²) in [4.78, 5) is 14.8. The molecular formula is C21H24N4OS. The Morgan fingerprint density at radius 2 is 1.96 bits per heavy atom. The van der Waals surface area contributed by atoms with Crippen molar-refractivity contribution in [2.45, 2.75) is 6.42 Å². The fourth-order valence-electron chi connectivity index (χ4n) is 4.06. The van der Waals surface area contributed by atoms with Crippen molar-refractivity contribution in [3.8, 4) is 11.4 Å². The van der Waals surface area contributed by atoms with Crippen molar-refractivity contribution in [2.75, 3.05) is 50.8 Å². The summed E-state index contributed by atoms with van der Waals surface area (Å²) in [5.41, 5.74) is 2.13. The van der Waals surface area contributed by atoms with E-state index in [0.717, 1.165) is 67.5 Å². The Morgan fingerprint density at radius 3 is 2.74 bits per heavy atom. The lowest BCUT2D eigenvalue weighted by Crippen LogP contribution is -2.48. The van der Waals surface area contributed by atoms with Gasteiger partial charge in [-0.2, -0.15) is 11.3 Å². The average molecular weight is 381 g/mol. The normalized spacial score (nSPS) is 21.2. The summed E-state index contributed by atoms with van der Waals surface area (Å²) >= 11 is 1.69. The predicted molar refractivity (Wildman–Crippen MR) is 110 cm³/mol. The molecule has 1 atom stereocenters. The van der Waals surface area contributed by atoms with E-state index in [1.165, 1.54) is 13.0 Å². The number of fused-ring (bicyclic) bond motifs is 1. The van der Waals surface area contributed by atoms with Crippen molar-refractivity contribution in [2.24, 2.45) is 5.92 Å². The first kappa shape index (κ1) is 17.1. The summed E-state index contributed by atoms with van der Waals surface area (Å²) in [5.74, 6) is 2.61. The third-order valence-corrected chi connectivity index (χ3v) is 6.26. The van der Waals surface area contributed by atoms with Crippen LogP contribution in [-0.2, 0) is 4.74 Å². The molecule has 6 heteroatoms. The Balaban J connectivity index is 1.39. The highest BCUT2D eigenvalue weighted by atomic mass is 32.1. The highest BCUT2D eigenvalue weighted by molar-refractivity contribution is 7.08. The zero-order valence-corrected chi connectivity index (χ0v) is 16.2. The van der Waals surface area contributed by atoms with Crippen LogP contribution in [-0.4, -0.2) is 60.8 Å². The molecule has 0 amide bonds. The van der Waals surface area contributed by atoms with Gasteiger partial charge in [-0.15, -0.1) is 0 Å². The number of nitrogens with zero attached hydrogens (tertiary/aromatic N) is 4. The molecule has 2 saturated heterocycles. The zero-order valence-electron chi connectivity index (χ0n) is 15.4. The van der Waals surface area contributed by atoms with E-state index in [1.54, 1.807) is 11.3 Å². The van der Waals surface area contributed by atoms with E-state index in [4.69, 9.17) is 14.7 Å². The number of para-hydroxylation sites is 1. The van der Waals surface area contributed by atoms with E-state index in [2.05, 4.69) is 50.9 Å². The zero-order chi connectivity index (χ0) is 18.1. The van der Waals surface area contributed by atoms with Crippen molar-refractivity contribution < 1.29 is 4.74 Å². The molecule has 2 aliphatic heterocycles. The fraction of sp³-hybridized carbons (Fsp3) is 0.429. The first-order valence-corrected chi connectivity index (χ1v) is 10.7. The van der Waals surface area contributed by atoms with Gasteiger partial charge in [0.15, 0.2) is 5.82 Å². The van der Waals surface area contributed by atoms with E-state index in [1.807, 2.05) is 0 Å². The van der Waals surface area contributed by atoms with E-state index >= 15 is 0 Å². The molecule has 5 nitrogen and oxygen atoms in total. The van der Waals surface area contributed by atoms with Gasteiger partial charge in [0.2, 0.25) is 0 Å². The number of hydrogen-bond donors (Lipinski definition) is 0. The Hall–Kier alpha value is -2.02. The molecule has 1 unspecified atom stereocenters. The minimum absolute atomic E-state index is 0.710. The monoisotopic (exact) mass is 380 g/mol. The van der Waals surface area contributed by atoms with Gasteiger partial charge in [-0.25, -0.2) is 9.97 Å². The van der Waals surface area contributed by atoms with E-state index in [0.29, 0.717) is 5.92 Å². The molecule has 0 saturated carbocycles. The van der Waals surface area contributed by atoms with E-state index in [-0.39, 0.29) is 0 Å². The molecule has 0 spiro atoms. The van der Waals surface area contributed by atoms with Crippen molar-refractivity contribution in [1.29, 1.82) is 0 Å². The highest BCUT2D eigenvalue weighted by Crippen LogP contribution is 2.29. The molecule has 4 heterocycles. The number of hydrogen-bond acceptors (Lipinski definition) is 6. The molecule has 140 valence electrons. The van der Waals surface area contributed by atoms with Crippen LogP contribution in [0.2, 0.25) is 0 Å². The van der Waals surface area contributed by atoms with Crippen LogP contribution in [0, 0.1) is 5.92 Å². The second-order valence-corrected chi connectivity index (χ2v) is 8.20. The first-order valence-electron chi connectivity index (χ1n) is 9.71. The van der Waals surface area contributed by atoms with Gasteiger partial charge < -0.3 is 9.64 Å². The Labute approximate surface area is 163 Å². The smallest absolute Gasteiger partial charge is 0.162 e. The van der Waals surface area contributed by atoms with Crippen LogP contribution < -0.4 is 4.90 Å². The van der Waals surface area contributed by atoms with Gasteiger partial charge in [-0.3, -0.25) is 4.90 Å². The maximum atomic E-state index is 5.53. The first-order chi connectivity index (χ1) is 13.4. The summed E-state index contributed by atoms with van der Waals surface area (Å²) in [6, 6.07) is 10.5. The molecular weight excluding hydrogens is 356 g/mol. The summed E-state index contributed by atoms with van der Waals surface area (Å²) in [6.45, 7) is 7.22. The lowest BCUT2D eigenvalue weighted by Gasteiger charge is -2.36. The van der Waals surface area contributed by atoms with Crippen LogP contribution in [0.4, 0.5) is 5.82 Å². The van der Waals surface area contributed by atoms with Gasteiger partial charge >= 0.3 is 0 Å². The van der Waals surface area contributed by atoms with Crippen LogP contribution in [0.25, 0.3) is 22.3 Å². The minimum Gasteiger partial charge on any atom is -0.381 e. The number of piperazine rings is 1. The number of benzene rings is 1. The second-order valence-electron chi connectivity index (χ2n) is 7.42. The van der Waals surface area contributed by atoms with Crippen LogP contribution in [0.15, 0.2) is 41.1 Å².